The Balaban J connectivity index is 1.90. The second-order valence-electron chi connectivity index (χ2n) is 4.83. The van der Waals surface area contributed by atoms with Crippen LogP contribution in [-0.4, -0.2) is 23.4 Å². The summed E-state index contributed by atoms with van der Waals surface area (Å²) in [5, 5.41) is 6.29. The molecule has 1 aliphatic heterocycles. The lowest BCUT2D eigenvalue weighted by Crippen LogP contribution is -2.39. The maximum Gasteiger partial charge on any atom is 0.183 e. The summed E-state index contributed by atoms with van der Waals surface area (Å²) >= 11 is 1.55. The minimum absolute atomic E-state index is 0.184. The van der Waals surface area contributed by atoms with Gasteiger partial charge in [0, 0.05) is 17.8 Å². The zero-order chi connectivity index (χ0) is 12.3. The molecule has 1 fully saturated rings. The van der Waals surface area contributed by atoms with Crippen LogP contribution in [-0.2, 0) is 0 Å². The molecule has 0 spiro atoms. The molecule has 2 atom stereocenters. The van der Waals surface area contributed by atoms with Crippen molar-refractivity contribution in [2.45, 2.75) is 45.6 Å². The number of rotatable bonds is 4. The van der Waals surface area contributed by atoms with Gasteiger partial charge in [-0.05, 0) is 32.2 Å². The average molecular weight is 252 g/mol. The van der Waals surface area contributed by atoms with Gasteiger partial charge in [-0.25, -0.2) is 4.98 Å². The third-order valence-electron chi connectivity index (χ3n) is 3.52. The molecule has 0 amide bonds. The molecule has 17 heavy (non-hydrogen) atoms. The number of ketones is 1. The van der Waals surface area contributed by atoms with Crippen LogP contribution in [0.25, 0.3) is 0 Å². The normalized spacial score (nSPS) is 24.8. The van der Waals surface area contributed by atoms with Crippen LogP contribution in [0.15, 0.2) is 5.38 Å². The first-order valence-corrected chi connectivity index (χ1v) is 7.25. The lowest BCUT2D eigenvalue weighted by molar-refractivity contribution is 0.0953. The number of thiazole rings is 1. The molecule has 0 aromatic carbocycles. The minimum atomic E-state index is 0.184. The molecule has 2 unspecified atom stereocenters. The summed E-state index contributed by atoms with van der Waals surface area (Å²) in [6, 6.07) is 0.350. The quantitative estimate of drug-likeness (QED) is 0.838. The van der Waals surface area contributed by atoms with Crippen molar-refractivity contribution >= 4 is 17.1 Å². The van der Waals surface area contributed by atoms with Crippen molar-refractivity contribution in [1.82, 2.24) is 10.3 Å². The van der Waals surface area contributed by atoms with Crippen LogP contribution in [0, 0.1) is 12.8 Å². The van der Waals surface area contributed by atoms with Gasteiger partial charge in [-0.2, -0.15) is 0 Å². The lowest BCUT2D eigenvalue weighted by atomic mass is 9.88. The largest absolute Gasteiger partial charge is 0.314 e. The number of hydrogen-bond acceptors (Lipinski definition) is 4. The van der Waals surface area contributed by atoms with Gasteiger partial charge < -0.3 is 5.32 Å². The zero-order valence-electron chi connectivity index (χ0n) is 10.5. The first-order valence-electron chi connectivity index (χ1n) is 6.37. The van der Waals surface area contributed by atoms with Crippen LogP contribution in [0.3, 0.4) is 0 Å². The Bertz CT molecular complexity index is 389. The van der Waals surface area contributed by atoms with Crippen molar-refractivity contribution in [3.8, 4) is 0 Å². The van der Waals surface area contributed by atoms with Gasteiger partial charge in [0.05, 0.1) is 5.01 Å². The van der Waals surface area contributed by atoms with Crippen LogP contribution in [0.4, 0.5) is 0 Å². The van der Waals surface area contributed by atoms with E-state index in [1.807, 2.05) is 12.3 Å². The minimum Gasteiger partial charge on any atom is -0.314 e. The molecule has 4 heteroatoms. The predicted octanol–water partition coefficient (Wildman–Crippen LogP) is 2.80. The molecule has 3 nitrogen and oxygen atoms in total. The van der Waals surface area contributed by atoms with E-state index in [2.05, 4.69) is 17.2 Å². The second-order valence-corrected chi connectivity index (χ2v) is 5.89. The number of hydrogen-bond donors (Lipinski definition) is 1. The molecule has 1 aromatic heterocycles. The second kappa shape index (κ2) is 5.74. The van der Waals surface area contributed by atoms with Gasteiger partial charge in [-0.15, -0.1) is 11.3 Å². The van der Waals surface area contributed by atoms with Crippen molar-refractivity contribution in [3.05, 3.63) is 16.1 Å². The molecule has 1 aromatic rings. The molecule has 94 valence electrons. The smallest absolute Gasteiger partial charge is 0.183 e. The van der Waals surface area contributed by atoms with E-state index in [0.717, 1.165) is 23.9 Å². The maximum atomic E-state index is 12.0. The van der Waals surface area contributed by atoms with E-state index in [0.29, 0.717) is 18.2 Å². The number of piperidine rings is 1. The molecular weight excluding hydrogens is 232 g/mol. The summed E-state index contributed by atoms with van der Waals surface area (Å²) in [5.41, 5.74) is 0.646. The fraction of sp³-hybridized carbons (Fsp3) is 0.692. The van der Waals surface area contributed by atoms with Gasteiger partial charge in [-0.1, -0.05) is 13.3 Å². The van der Waals surface area contributed by atoms with Crippen molar-refractivity contribution in [1.29, 1.82) is 0 Å². The molecular formula is C13H20N2OS. The van der Waals surface area contributed by atoms with Gasteiger partial charge in [-0.3, -0.25) is 4.79 Å². The van der Waals surface area contributed by atoms with Crippen LogP contribution in [0.1, 0.15) is 48.1 Å². The topological polar surface area (TPSA) is 42.0 Å². The average Bonchev–Trinajstić information content (AvgIpc) is 2.76. The number of nitrogens with zero attached hydrogens (tertiary/aromatic N) is 1. The Morgan fingerprint density at radius 3 is 3.12 bits per heavy atom. The summed E-state index contributed by atoms with van der Waals surface area (Å²) in [6.07, 6.45) is 4.20. The van der Waals surface area contributed by atoms with Crippen molar-refractivity contribution in [2.75, 3.05) is 6.54 Å². The van der Waals surface area contributed by atoms with E-state index in [4.69, 9.17) is 0 Å². The number of carbonyl (C=O) groups is 1. The number of carbonyl (C=O) groups excluding carboxylic acids is 1. The van der Waals surface area contributed by atoms with Crippen LogP contribution in [0.2, 0.25) is 0 Å². The Morgan fingerprint density at radius 2 is 2.47 bits per heavy atom. The Kier molecular flexibility index (Phi) is 4.29. The third kappa shape index (κ3) is 3.36. The summed E-state index contributed by atoms with van der Waals surface area (Å²) in [7, 11) is 0. The van der Waals surface area contributed by atoms with Crippen LogP contribution < -0.4 is 5.32 Å². The maximum absolute atomic E-state index is 12.0. The monoisotopic (exact) mass is 252 g/mol. The molecule has 2 rings (SSSR count). The van der Waals surface area contributed by atoms with E-state index in [9.17, 15) is 4.79 Å². The first kappa shape index (κ1) is 12.7. The molecule has 1 aliphatic rings. The van der Waals surface area contributed by atoms with Crippen LogP contribution >= 0.6 is 11.3 Å². The summed E-state index contributed by atoms with van der Waals surface area (Å²) in [5.74, 6) is 0.967. The van der Waals surface area contributed by atoms with E-state index in [1.54, 1.807) is 11.3 Å². The molecule has 0 saturated carbocycles. The van der Waals surface area contributed by atoms with Crippen molar-refractivity contribution in [3.63, 3.8) is 0 Å². The molecule has 0 bridgehead atoms. The van der Waals surface area contributed by atoms with E-state index < -0.39 is 0 Å². The van der Waals surface area contributed by atoms with Gasteiger partial charge in [0.15, 0.2) is 5.78 Å². The Morgan fingerprint density at radius 1 is 1.65 bits per heavy atom. The highest BCUT2D eigenvalue weighted by atomic mass is 32.1. The summed E-state index contributed by atoms with van der Waals surface area (Å²) in [6.45, 7) is 5.22. The predicted molar refractivity (Wildman–Crippen MR) is 70.6 cm³/mol. The first-order chi connectivity index (χ1) is 8.19. The molecule has 0 radical (unpaired) electrons. The van der Waals surface area contributed by atoms with E-state index in [-0.39, 0.29) is 5.78 Å². The van der Waals surface area contributed by atoms with E-state index in [1.165, 1.54) is 12.8 Å². The Labute approximate surface area is 107 Å². The number of Topliss-reactive ketones (excluding diaryl/α,β-unsaturated/α-hetero) is 1. The lowest BCUT2D eigenvalue weighted by Gasteiger charge is -2.29. The van der Waals surface area contributed by atoms with Gasteiger partial charge in [0.2, 0.25) is 0 Å². The fourth-order valence-electron chi connectivity index (χ4n) is 2.44. The molecule has 2 heterocycles. The van der Waals surface area contributed by atoms with Gasteiger partial charge in [0.25, 0.3) is 0 Å². The Hall–Kier alpha value is -0.740. The van der Waals surface area contributed by atoms with Gasteiger partial charge >= 0.3 is 0 Å². The molecule has 1 saturated heterocycles. The third-order valence-corrected chi connectivity index (χ3v) is 4.29. The van der Waals surface area contributed by atoms with Gasteiger partial charge in [0.1, 0.15) is 5.69 Å². The van der Waals surface area contributed by atoms with Crippen molar-refractivity contribution < 1.29 is 4.79 Å². The fourth-order valence-corrected chi connectivity index (χ4v) is 3.06. The number of nitrogens with one attached hydrogen (secondary N) is 1. The number of aryl methyl sites for hydroxylation is 1. The molecule has 1 N–H and O–H groups in total. The summed E-state index contributed by atoms with van der Waals surface area (Å²) in [4.78, 5) is 16.3. The standard InChI is InChI=1S/C13H20N2OS/c1-3-10-4-5-14-11(6-10)7-13(16)12-8-17-9(2)15-12/h8,10-11,14H,3-7H2,1-2H3. The highest BCUT2D eigenvalue weighted by molar-refractivity contribution is 7.09. The SMILES string of the molecule is CCC1CCNC(CC(=O)c2csc(C)n2)C1. The highest BCUT2D eigenvalue weighted by Gasteiger charge is 2.23. The van der Waals surface area contributed by atoms with E-state index >= 15 is 0 Å². The number of aromatic nitrogens is 1. The van der Waals surface area contributed by atoms with Crippen molar-refractivity contribution in [2.24, 2.45) is 5.92 Å². The zero-order valence-corrected chi connectivity index (χ0v) is 11.3. The van der Waals surface area contributed by atoms with Crippen LogP contribution in [0.5, 0.6) is 0 Å². The summed E-state index contributed by atoms with van der Waals surface area (Å²) < 4.78 is 0. The molecule has 0 aliphatic carbocycles. The highest BCUT2D eigenvalue weighted by Crippen LogP contribution is 2.22.